The third kappa shape index (κ3) is 7.04. The minimum atomic E-state index is -0.599. The summed E-state index contributed by atoms with van der Waals surface area (Å²) in [5, 5.41) is 4.97. The number of oxazole rings is 1. The Balaban J connectivity index is 1.00. The molecule has 0 radical (unpaired) electrons. The van der Waals surface area contributed by atoms with Crippen molar-refractivity contribution < 1.29 is 23.6 Å². The van der Waals surface area contributed by atoms with Gasteiger partial charge in [-0.15, -0.1) is 11.8 Å². The van der Waals surface area contributed by atoms with Crippen LogP contribution in [0.3, 0.4) is 0 Å². The largest absolute Gasteiger partial charge is 0.436 e. The van der Waals surface area contributed by atoms with Crippen molar-refractivity contribution in [1.82, 2.24) is 10.3 Å². The number of hydrogen-bond donors (Lipinski definition) is 2. The predicted molar refractivity (Wildman–Crippen MR) is 190 cm³/mol. The monoisotopic (exact) mass is 664 g/mol. The average Bonchev–Trinajstić information content (AvgIpc) is 3.69. The van der Waals surface area contributed by atoms with E-state index in [2.05, 4.69) is 15.6 Å². The molecule has 5 aromatic carbocycles. The number of imide groups is 1. The minimum absolute atomic E-state index is 0.0591. The third-order valence-corrected chi connectivity index (χ3v) is 9.00. The van der Waals surface area contributed by atoms with Crippen LogP contribution >= 0.6 is 11.8 Å². The Morgan fingerprint density at radius 2 is 1.47 bits per heavy atom. The topological polar surface area (TPSA) is 122 Å². The molecule has 1 saturated heterocycles. The second-order valence-corrected chi connectivity index (χ2v) is 12.5. The fraction of sp³-hybridized carbons (Fsp3) is 0.0513. The molecule has 2 heterocycles. The summed E-state index contributed by atoms with van der Waals surface area (Å²) >= 11 is 1.29. The number of nitrogens with zero attached hydrogens (tertiary/aromatic N) is 2. The minimum Gasteiger partial charge on any atom is -0.436 e. The Hall–Kier alpha value is -6.26. The summed E-state index contributed by atoms with van der Waals surface area (Å²) in [6.45, 7) is 0. The lowest BCUT2D eigenvalue weighted by atomic mass is 10.1. The van der Waals surface area contributed by atoms with E-state index < -0.39 is 17.1 Å². The Morgan fingerprint density at radius 3 is 2.18 bits per heavy atom. The maximum absolute atomic E-state index is 13.4. The fourth-order valence-electron chi connectivity index (χ4n) is 5.35. The molecule has 1 aromatic heterocycles. The Bertz CT molecular complexity index is 2170. The molecule has 1 atom stereocenters. The van der Waals surface area contributed by atoms with Crippen molar-refractivity contribution in [2.45, 2.75) is 16.6 Å². The second-order valence-electron chi connectivity index (χ2n) is 11.2. The number of amides is 4. The van der Waals surface area contributed by atoms with Crippen LogP contribution < -0.4 is 15.5 Å². The molecule has 1 aliphatic rings. The second kappa shape index (κ2) is 13.8. The molecule has 49 heavy (non-hydrogen) atoms. The van der Waals surface area contributed by atoms with E-state index in [1.54, 1.807) is 78.9 Å². The third-order valence-electron chi connectivity index (χ3n) is 7.80. The van der Waals surface area contributed by atoms with Gasteiger partial charge in [0, 0.05) is 28.1 Å². The predicted octanol–water partition coefficient (Wildman–Crippen LogP) is 7.33. The number of aromatic nitrogens is 1. The summed E-state index contributed by atoms with van der Waals surface area (Å²) in [4.78, 5) is 59.1. The van der Waals surface area contributed by atoms with Crippen LogP contribution in [0.5, 0.6) is 0 Å². The Kier molecular flexibility index (Phi) is 8.86. The number of hydrogen-bond acceptors (Lipinski definition) is 7. The van der Waals surface area contributed by atoms with Crippen LogP contribution in [0.4, 0.5) is 11.4 Å². The first kappa shape index (κ1) is 31.3. The van der Waals surface area contributed by atoms with Gasteiger partial charge >= 0.3 is 0 Å². The molecule has 2 N–H and O–H groups in total. The van der Waals surface area contributed by atoms with Crippen molar-refractivity contribution in [3.63, 3.8) is 0 Å². The van der Waals surface area contributed by atoms with Gasteiger partial charge in [0.25, 0.3) is 11.8 Å². The first-order valence-corrected chi connectivity index (χ1v) is 16.3. The summed E-state index contributed by atoms with van der Waals surface area (Å²) in [5.74, 6) is -1.03. The SMILES string of the molecule is O=C(Nc1ccc(SC2CC(=O)N(c3ccc(-c4nc5ccccc5o4)cc3)C2=O)cc1)/C(=C/c1ccccc1)NC(=O)c1ccccc1. The lowest BCUT2D eigenvalue weighted by Gasteiger charge is -2.15. The van der Waals surface area contributed by atoms with E-state index in [9.17, 15) is 19.2 Å². The summed E-state index contributed by atoms with van der Waals surface area (Å²) in [5.41, 5.74) is 4.39. The number of carbonyl (C=O) groups is 4. The molecule has 10 heteroatoms. The normalized spacial score (nSPS) is 14.7. The number of rotatable bonds is 9. The average molecular weight is 665 g/mol. The maximum Gasteiger partial charge on any atom is 0.272 e. The molecule has 0 spiro atoms. The van der Waals surface area contributed by atoms with Gasteiger partial charge in [-0.3, -0.25) is 19.2 Å². The smallest absolute Gasteiger partial charge is 0.272 e. The van der Waals surface area contributed by atoms with Crippen molar-refractivity contribution in [2.24, 2.45) is 0 Å². The van der Waals surface area contributed by atoms with Gasteiger partial charge in [0.15, 0.2) is 5.58 Å². The lowest BCUT2D eigenvalue weighted by molar-refractivity contribution is -0.121. The van der Waals surface area contributed by atoms with Gasteiger partial charge in [-0.2, -0.15) is 0 Å². The molecule has 6 aromatic rings. The van der Waals surface area contributed by atoms with Gasteiger partial charge in [-0.1, -0.05) is 60.7 Å². The fourth-order valence-corrected chi connectivity index (χ4v) is 6.41. The molecule has 1 aliphatic heterocycles. The van der Waals surface area contributed by atoms with Crippen LogP contribution in [0, 0.1) is 0 Å². The molecule has 9 nitrogen and oxygen atoms in total. The quantitative estimate of drug-likeness (QED) is 0.123. The van der Waals surface area contributed by atoms with E-state index >= 15 is 0 Å². The highest BCUT2D eigenvalue weighted by atomic mass is 32.2. The standard InChI is InChI=1S/C39H28N4O5S/c44-35-24-34(39(47)43(35)29-19-15-27(16-20-29)38-42-31-13-7-8-14-33(31)48-38)49-30-21-17-28(18-22-30)40-37(46)32(23-25-9-3-1-4-10-25)41-36(45)26-11-5-2-6-12-26/h1-23,34H,24H2,(H,40,46)(H,41,45)/b32-23-. The number of thioether (sulfide) groups is 1. The molecule has 1 fully saturated rings. The number of anilines is 2. The van der Waals surface area contributed by atoms with Gasteiger partial charge in [-0.05, 0) is 84.4 Å². The van der Waals surface area contributed by atoms with Crippen molar-refractivity contribution in [3.05, 3.63) is 150 Å². The van der Waals surface area contributed by atoms with Crippen molar-refractivity contribution in [3.8, 4) is 11.5 Å². The van der Waals surface area contributed by atoms with Crippen LogP contribution in [0.1, 0.15) is 22.3 Å². The van der Waals surface area contributed by atoms with E-state index in [1.165, 1.54) is 16.7 Å². The first-order chi connectivity index (χ1) is 23.9. The van der Waals surface area contributed by atoms with Gasteiger partial charge in [-0.25, -0.2) is 9.88 Å². The molecule has 0 saturated carbocycles. The number of fused-ring (bicyclic) bond motifs is 1. The van der Waals surface area contributed by atoms with E-state index in [0.29, 0.717) is 28.4 Å². The molecular weight excluding hydrogens is 637 g/mol. The Labute approximate surface area is 285 Å². The first-order valence-electron chi connectivity index (χ1n) is 15.5. The van der Waals surface area contributed by atoms with E-state index in [4.69, 9.17) is 4.42 Å². The number of benzene rings is 5. The molecule has 7 rings (SSSR count). The highest BCUT2D eigenvalue weighted by Crippen LogP contribution is 2.35. The maximum atomic E-state index is 13.4. The molecule has 240 valence electrons. The van der Waals surface area contributed by atoms with Gasteiger partial charge in [0.1, 0.15) is 11.2 Å². The van der Waals surface area contributed by atoms with Crippen LogP contribution in [-0.2, 0) is 14.4 Å². The van der Waals surface area contributed by atoms with Crippen LogP contribution in [-0.4, -0.2) is 33.9 Å². The van der Waals surface area contributed by atoms with E-state index in [-0.39, 0.29) is 23.9 Å². The van der Waals surface area contributed by atoms with Gasteiger partial charge in [0.05, 0.1) is 10.9 Å². The highest BCUT2D eigenvalue weighted by molar-refractivity contribution is 8.00. The van der Waals surface area contributed by atoms with Gasteiger partial charge in [0.2, 0.25) is 17.7 Å². The van der Waals surface area contributed by atoms with E-state index in [0.717, 1.165) is 21.5 Å². The number of carbonyl (C=O) groups excluding carboxylic acids is 4. The molecule has 0 aliphatic carbocycles. The zero-order valence-corrected chi connectivity index (χ0v) is 26.7. The van der Waals surface area contributed by atoms with Crippen molar-refractivity contribution >= 4 is 63.9 Å². The van der Waals surface area contributed by atoms with Crippen LogP contribution in [0.15, 0.2) is 148 Å². The summed E-state index contributed by atoms with van der Waals surface area (Å²) in [6, 6.07) is 39.3. The highest BCUT2D eigenvalue weighted by Gasteiger charge is 2.40. The van der Waals surface area contributed by atoms with Gasteiger partial charge < -0.3 is 15.1 Å². The lowest BCUT2D eigenvalue weighted by Crippen LogP contribution is -2.31. The molecule has 0 bridgehead atoms. The van der Waals surface area contributed by atoms with Crippen LogP contribution in [0.25, 0.3) is 28.6 Å². The number of nitrogens with one attached hydrogen (secondary N) is 2. The summed E-state index contributed by atoms with van der Waals surface area (Å²) in [6.07, 6.45) is 1.67. The van der Waals surface area contributed by atoms with Crippen LogP contribution in [0.2, 0.25) is 0 Å². The summed E-state index contributed by atoms with van der Waals surface area (Å²) in [7, 11) is 0. The number of para-hydroxylation sites is 2. The zero-order valence-electron chi connectivity index (χ0n) is 25.9. The molecular formula is C39H28N4O5S. The zero-order chi connectivity index (χ0) is 33.7. The Morgan fingerprint density at radius 1 is 0.796 bits per heavy atom. The molecule has 4 amide bonds. The van der Waals surface area contributed by atoms with E-state index in [1.807, 2.05) is 60.7 Å². The molecule has 1 unspecified atom stereocenters. The van der Waals surface area contributed by atoms with Crippen molar-refractivity contribution in [2.75, 3.05) is 10.2 Å². The van der Waals surface area contributed by atoms with Crippen molar-refractivity contribution in [1.29, 1.82) is 0 Å². The summed E-state index contributed by atoms with van der Waals surface area (Å²) < 4.78 is 5.84.